The van der Waals surface area contributed by atoms with Crippen LogP contribution in [-0.2, 0) is 4.79 Å². The fourth-order valence-corrected chi connectivity index (χ4v) is 4.26. The van der Waals surface area contributed by atoms with Crippen LogP contribution in [0.3, 0.4) is 0 Å². The predicted octanol–water partition coefficient (Wildman–Crippen LogP) is 4.47. The number of para-hydroxylation sites is 1. The van der Waals surface area contributed by atoms with E-state index in [0.29, 0.717) is 39.7 Å². The SMILES string of the molecule is COc1cccc(C=C2Oc3c(ccc4c3C(c3ccc(O)cc3)CC(=O)O4)C2=O)c1OC. The lowest BCUT2D eigenvalue weighted by Crippen LogP contribution is -2.21. The van der Waals surface area contributed by atoms with Gasteiger partial charge in [-0.25, -0.2) is 0 Å². The number of aromatic hydroxyl groups is 1. The highest BCUT2D eigenvalue weighted by Gasteiger charge is 2.38. The number of hydrogen-bond donors (Lipinski definition) is 1. The first-order valence-corrected chi connectivity index (χ1v) is 10.3. The molecule has 3 aromatic carbocycles. The average molecular weight is 444 g/mol. The summed E-state index contributed by atoms with van der Waals surface area (Å²) in [7, 11) is 3.07. The molecule has 0 aliphatic carbocycles. The molecular weight excluding hydrogens is 424 g/mol. The molecule has 1 atom stereocenters. The van der Waals surface area contributed by atoms with E-state index in [-0.39, 0.29) is 35.6 Å². The number of Topliss-reactive ketones (excluding diaryl/α,β-unsaturated/α-hetero) is 1. The maximum absolute atomic E-state index is 13.2. The molecule has 1 N–H and O–H groups in total. The van der Waals surface area contributed by atoms with Gasteiger partial charge in [0.1, 0.15) is 17.2 Å². The summed E-state index contributed by atoms with van der Waals surface area (Å²) in [5.74, 6) is 0.971. The van der Waals surface area contributed by atoms with Crippen molar-refractivity contribution in [1.82, 2.24) is 0 Å². The van der Waals surface area contributed by atoms with Crippen molar-refractivity contribution in [2.75, 3.05) is 14.2 Å². The Morgan fingerprint density at radius 1 is 0.970 bits per heavy atom. The van der Waals surface area contributed by atoms with Crippen LogP contribution in [0.15, 0.2) is 60.4 Å². The lowest BCUT2D eigenvalue weighted by molar-refractivity contribution is -0.135. The van der Waals surface area contributed by atoms with Crippen molar-refractivity contribution in [3.8, 4) is 28.7 Å². The highest BCUT2D eigenvalue weighted by atomic mass is 16.5. The Hall–Kier alpha value is -4.26. The molecule has 0 saturated heterocycles. The second kappa shape index (κ2) is 8.02. The number of methoxy groups -OCH3 is 2. The molecule has 166 valence electrons. The van der Waals surface area contributed by atoms with E-state index in [1.165, 1.54) is 7.11 Å². The number of benzene rings is 3. The van der Waals surface area contributed by atoms with Gasteiger partial charge >= 0.3 is 5.97 Å². The Morgan fingerprint density at radius 2 is 1.76 bits per heavy atom. The van der Waals surface area contributed by atoms with Crippen LogP contribution in [0.1, 0.15) is 39.4 Å². The van der Waals surface area contributed by atoms with Crippen molar-refractivity contribution < 1.29 is 33.6 Å². The Bertz CT molecular complexity index is 1300. The lowest BCUT2D eigenvalue weighted by atomic mass is 9.84. The molecule has 0 aromatic heterocycles. The van der Waals surface area contributed by atoms with Crippen molar-refractivity contribution >= 4 is 17.8 Å². The van der Waals surface area contributed by atoms with Crippen LogP contribution in [0.2, 0.25) is 0 Å². The van der Waals surface area contributed by atoms with Crippen molar-refractivity contribution in [2.24, 2.45) is 0 Å². The molecule has 0 spiro atoms. The summed E-state index contributed by atoms with van der Waals surface area (Å²) in [6.45, 7) is 0. The summed E-state index contributed by atoms with van der Waals surface area (Å²) in [5, 5.41) is 9.66. The third-order valence-corrected chi connectivity index (χ3v) is 5.80. The number of allylic oxidation sites excluding steroid dienone is 1. The van der Waals surface area contributed by atoms with Gasteiger partial charge in [-0.3, -0.25) is 9.59 Å². The zero-order valence-corrected chi connectivity index (χ0v) is 18.0. The van der Waals surface area contributed by atoms with Gasteiger partial charge < -0.3 is 24.1 Å². The number of rotatable bonds is 4. The van der Waals surface area contributed by atoms with E-state index < -0.39 is 0 Å². The number of phenols is 1. The third-order valence-electron chi connectivity index (χ3n) is 5.80. The number of fused-ring (bicyclic) bond motifs is 3. The maximum atomic E-state index is 13.2. The second-order valence-corrected chi connectivity index (χ2v) is 7.70. The number of carbonyl (C=O) groups excluding carboxylic acids is 2. The molecule has 3 aromatic rings. The van der Waals surface area contributed by atoms with Crippen LogP contribution in [0.25, 0.3) is 6.08 Å². The van der Waals surface area contributed by atoms with E-state index in [4.69, 9.17) is 18.9 Å². The van der Waals surface area contributed by atoms with Crippen LogP contribution in [0.5, 0.6) is 28.7 Å². The molecule has 0 bridgehead atoms. The van der Waals surface area contributed by atoms with E-state index in [1.807, 2.05) is 0 Å². The average Bonchev–Trinajstić information content (AvgIpc) is 3.13. The normalized spacial score (nSPS) is 17.8. The first kappa shape index (κ1) is 20.6. The fraction of sp³-hybridized carbons (Fsp3) is 0.154. The quantitative estimate of drug-likeness (QED) is 0.361. The topological polar surface area (TPSA) is 91.3 Å². The minimum Gasteiger partial charge on any atom is -0.508 e. The number of phenolic OH excluding ortho intramolecular Hbond substituents is 1. The molecule has 0 fully saturated rings. The van der Waals surface area contributed by atoms with Crippen molar-refractivity contribution in [2.45, 2.75) is 12.3 Å². The third kappa shape index (κ3) is 3.47. The fourth-order valence-electron chi connectivity index (χ4n) is 4.26. The molecule has 5 rings (SSSR count). The standard InChI is InChI=1S/C26H20O7/c1-30-20-5-3-4-15(25(20)31-2)12-21-24(29)17-10-11-19-23(26(17)33-21)18(13-22(28)32-19)14-6-8-16(27)9-7-14/h3-12,18,27H,13H2,1-2H3. The first-order chi connectivity index (χ1) is 16.0. The van der Waals surface area contributed by atoms with Gasteiger partial charge in [0.25, 0.3) is 0 Å². The zero-order chi connectivity index (χ0) is 23.1. The van der Waals surface area contributed by atoms with E-state index in [1.54, 1.807) is 67.8 Å². The Labute approximate surface area is 189 Å². The number of esters is 1. The van der Waals surface area contributed by atoms with Crippen LogP contribution in [0, 0.1) is 0 Å². The van der Waals surface area contributed by atoms with Crippen LogP contribution >= 0.6 is 0 Å². The molecule has 33 heavy (non-hydrogen) atoms. The predicted molar refractivity (Wildman–Crippen MR) is 119 cm³/mol. The van der Waals surface area contributed by atoms with Gasteiger partial charge in [0.15, 0.2) is 17.3 Å². The smallest absolute Gasteiger partial charge is 0.312 e. The summed E-state index contributed by atoms with van der Waals surface area (Å²) in [5.41, 5.74) is 2.46. The molecule has 1 unspecified atom stereocenters. The summed E-state index contributed by atoms with van der Waals surface area (Å²) >= 11 is 0. The van der Waals surface area contributed by atoms with Gasteiger partial charge in [-0.1, -0.05) is 24.3 Å². The Kier molecular flexibility index (Phi) is 5.01. The van der Waals surface area contributed by atoms with Gasteiger partial charge in [-0.15, -0.1) is 0 Å². The molecule has 2 heterocycles. The monoisotopic (exact) mass is 444 g/mol. The Balaban J connectivity index is 1.61. The minimum absolute atomic E-state index is 0.0918. The summed E-state index contributed by atoms with van der Waals surface area (Å²) in [4.78, 5) is 25.4. The molecular formula is C26H20O7. The molecule has 0 radical (unpaired) electrons. The van der Waals surface area contributed by atoms with Crippen LogP contribution < -0.4 is 18.9 Å². The zero-order valence-electron chi connectivity index (χ0n) is 18.0. The van der Waals surface area contributed by atoms with Crippen molar-refractivity contribution in [3.05, 3.63) is 82.6 Å². The molecule has 0 saturated carbocycles. The van der Waals surface area contributed by atoms with E-state index in [9.17, 15) is 14.7 Å². The molecule has 7 nitrogen and oxygen atoms in total. The van der Waals surface area contributed by atoms with Gasteiger partial charge in [-0.05, 0) is 42.0 Å². The Morgan fingerprint density at radius 3 is 2.48 bits per heavy atom. The largest absolute Gasteiger partial charge is 0.508 e. The van der Waals surface area contributed by atoms with Crippen molar-refractivity contribution in [3.63, 3.8) is 0 Å². The van der Waals surface area contributed by atoms with E-state index in [2.05, 4.69) is 0 Å². The number of ether oxygens (including phenoxy) is 4. The van der Waals surface area contributed by atoms with E-state index >= 15 is 0 Å². The van der Waals surface area contributed by atoms with Gasteiger partial charge in [0, 0.05) is 17.0 Å². The molecule has 7 heteroatoms. The van der Waals surface area contributed by atoms with Gasteiger partial charge in [0.2, 0.25) is 5.78 Å². The van der Waals surface area contributed by atoms with Gasteiger partial charge in [-0.2, -0.15) is 0 Å². The molecule has 0 amide bonds. The summed E-state index contributed by atoms with van der Waals surface area (Å²) in [6, 6.07) is 15.2. The lowest BCUT2D eigenvalue weighted by Gasteiger charge is -2.26. The summed E-state index contributed by atoms with van der Waals surface area (Å²) < 4.78 is 22.3. The minimum atomic E-state index is -0.379. The number of carbonyl (C=O) groups is 2. The van der Waals surface area contributed by atoms with E-state index in [0.717, 1.165) is 5.56 Å². The second-order valence-electron chi connectivity index (χ2n) is 7.70. The molecule has 2 aliphatic heterocycles. The van der Waals surface area contributed by atoms with Crippen LogP contribution in [-0.4, -0.2) is 31.1 Å². The van der Waals surface area contributed by atoms with Gasteiger partial charge in [0.05, 0.1) is 26.2 Å². The highest BCUT2D eigenvalue weighted by Crippen LogP contribution is 2.49. The maximum Gasteiger partial charge on any atom is 0.312 e. The van der Waals surface area contributed by atoms with Crippen molar-refractivity contribution in [1.29, 1.82) is 0 Å². The van der Waals surface area contributed by atoms with Crippen LogP contribution in [0.4, 0.5) is 0 Å². The highest BCUT2D eigenvalue weighted by molar-refractivity contribution is 6.15. The first-order valence-electron chi connectivity index (χ1n) is 10.3. The molecule has 2 aliphatic rings. The number of hydrogen-bond acceptors (Lipinski definition) is 7. The summed E-state index contributed by atoms with van der Waals surface area (Å²) in [6.07, 6.45) is 1.70. The number of ketones is 1.